The minimum absolute atomic E-state index is 0.121. The molecule has 0 aromatic heterocycles. The van der Waals surface area contributed by atoms with Gasteiger partial charge in [-0.05, 0) is 60.4 Å². The van der Waals surface area contributed by atoms with Crippen LogP contribution in [0.1, 0.15) is 15.9 Å². The van der Waals surface area contributed by atoms with Crippen molar-refractivity contribution in [3.8, 4) is 0 Å². The summed E-state index contributed by atoms with van der Waals surface area (Å²) < 4.78 is 0. The molecule has 0 saturated carbocycles. The summed E-state index contributed by atoms with van der Waals surface area (Å²) in [6.07, 6.45) is 3.56. The van der Waals surface area contributed by atoms with E-state index in [1.165, 1.54) is 0 Å². The zero-order valence-corrected chi connectivity index (χ0v) is 17.3. The highest BCUT2D eigenvalue weighted by Gasteiger charge is 2.15. The van der Waals surface area contributed by atoms with Crippen LogP contribution in [0.25, 0.3) is 6.08 Å². The van der Waals surface area contributed by atoms with Gasteiger partial charge in [-0.15, -0.1) is 11.8 Å². The van der Waals surface area contributed by atoms with E-state index in [1.807, 2.05) is 36.6 Å². The number of halogens is 1. The molecule has 0 saturated heterocycles. The molecule has 0 spiro atoms. The number of rotatable bonds is 6. The summed E-state index contributed by atoms with van der Waals surface area (Å²) in [7, 11) is 0. The average Bonchev–Trinajstić information content (AvgIpc) is 2.74. The first-order valence-corrected chi connectivity index (χ1v) is 10.4. The molecule has 0 atom stereocenters. The van der Waals surface area contributed by atoms with Crippen molar-refractivity contribution in [1.29, 1.82) is 0 Å². The van der Waals surface area contributed by atoms with Crippen LogP contribution in [0.4, 0.5) is 5.69 Å². The lowest BCUT2D eigenvalue weighted by Crippen LogP contribution is -2.30. The molecule has 6 heteroatoms. The summed E-state index contributed by atoms with van der Waals surface area (Å²) in [5.74, 6) is -0.792. The lowest BCUT2D eigenvalue weighted by molar-refractivity contribution is -0.113. The Labute approximate surface area is 179 Å². The maximum Gasteiger partial charge on any atom is 0.272 e. The molecule has 0 aliphatic heterocycles. The summed E-state index contributed by atoms with van der Waals surface area (Å²) in [6, 6.07) is 23.3. The van der Waals surface area contributed by atoms with Crippen molar-refractivity contribution >= 4 is 46.9 Å². The molecule has 0 aliphatic carbocycles. The fourth-order valence-corrected chi connectivity index (χ4v) is 3.26. The molecule has 0 bridgehead atoms. The molecular weight excluding hydrogens is 404 g/mol. The van der Waals surface area contributed by atoms with Crippen LogP contribution in [0.2, 0.25) is 5.02 Å². The summed E-state index contributed by atoms with van der Waals surface area (Å²) in [5.41, 5.74) is 1.93. The van der Waals surface area contributed by atoms with Gasteiger partial charge in [0.1, 0.15) is 5.70 Å². The smallest absolute Gasteiger partial charge is 0.272 e. The molecule has 2 N–H and O–H groups in total. The number of thioether (sulfide) groups is 1. The highest BCUT2D eigenvalue weighted by molar-refractivity contribution is 7.98. The van der Waals surface area contributed by atoms with Gasteiger partial charge < -0.3 is 10.6 Å². The molecule has 4 nitrogen and oxygen atoms in total. The fraction of sp³-hybridized carbons (Fsp3) is 0.0435. The van der Waals surface area contributed by atoms with Gasteiger partial charge in [0, 0.05) is 21.2 Å². The maximum absolute atomic E-state index is 12.9. The number of carbonyl (C=O) groups excluding carboxylic acids is 2. The zero-order chi connectivity index (χ0) is 20.6. The van der Waals surface area contributed by atoms with E-state index in [0.29, 0.717) is 21.8 Å². The van der Waals surface area contributed by atoms with Crippen molar-refractivity contribution in [3.63, 3.8) is 0 Å². The van der Waals surface area contributed by atoms with Crippen LogP contribution in [-0.2, 0) is 4.79 Å². The van der Waals surface area contributed by atoms with Gasteiger partial charge in [0.2, 0.25) is 0 Å². The van der Waals surface area contributed by atoms with Crippen LogP contribution in [0.3, 0.4) is 0 Å². The molecule has 0 radical (unpaired) electrons. The quantitative estimate of drug-likeness (QED) is 0.409. The van der Waals surface area contributed by atoms with E-state index in [4.69, 9.17) is 11.6 Å². The molecule has 0 heterocycles. The van der Waals surface area contributed by atoms with Gasteiger partial charge in [-0.2, -0.15) is 0 Å². The monoisotopic (exact) mass is 422 g/mol. The Kier molecular flexibility index (Phi) is 7.11. The summed E-state index contributed by atoms with van der Waals surface area (Å²) >= 11 is 7.63. The van der Waals surface area contributed by atoms with Crippen molar-refractivity contribution in [2.45, 2.75) is 4.90 Å². The van der Waals surface area contributed by atoms with Crippen molar-refractivity contribution < 1.29 is 9.59 Å². The molecule has 2 amide bonds. The van der Waals surface area contributed by atoms with Crippen LogP contribution in [0.15, 0.2) is 89.5 Å². The Hall–Kier alpha value is -3.02. The summed E-state index contributed by atoms with van der Waals surface area (Å²) in [4.78, 5) is 26.6. The molecule has 3 rings (SSSR count). The molecule has 0 fully saturated rings. The number of nitrogens with one attached hydrogen (secondary N) is 2. The van der Waals surface area contributed by atoms with Gasteiger partial charge in [0.15, 0.2) is 0 Å². The van der Waals surface area contributed by atoms with Crippen molar-refractivity contribution in [2.24, 2.45) is 0 Å². The number of amides is 2. The highest BCUT2D eigenvalue weighted by atomic mass is 35.5. The van der Waals surface area contributed by atoms with Crippen LogP contribution in [0, 0.1) is 0 Å². The summed E-state index contributed by atoms with van der Waals surface area (Å²) in [6.45, 7) is 0. The molecule has 146 valence electrons. The Bertz CT molecular complexity index is 1050. The van der Waals surface area contributed by atoms with E-state index >= 15 is 0 Å². The van der Waals surface area contributed by atoms with Crippen molar-refractivity contribution in [1.82, 2.24) is 5.32 Å². The second-order valence-corrected chi connectivity index (χ2v) is 7.44. The van der Waals surface area contributed by atoms with Gasteiger partial charge in [0.05, 0.1) is 0 Å². The number of anilines is 1. The van der Waals surface area contributed by atoms with Crippen molar-refractivity contribution in [3.05, 3.63) is 101 Å². The van der Waals surface area contributed by atoms with Gasteiger partial charge in [-0.1, -0.05) is 48.0 Å². The first-order chi connectivity index (χ1) is 14.0. The molecule has 0 unspecified atom stereocenters. The molecule has 3 aromatic carbocycles. The van der Waals surface area contributed by atoms with Gasteiger partial charge in [-0.3, -0.25) is 9.59 Å². The molecule has 3 aromatic rings. The second-order valence-electron chi connectivity index (χ2n) is 6.12. The minimum atomic E-state index is -0.424. The molecular formula is C23H19ClN2O2S. The Morgan fingerprint density at radius 3 is 2.41 bits per heavy atom. The first kappa shape index (κ1) is 20.7. The largest absolute Gasteiger partial charge is 0.321 e. The summed E-state index contributed by atoms with van der Waals surface area (Å²) in [5, 5.41) is 6.09. The zero-order valence-electron chi connectivity index (χ0n) is 15.7. The normalized spacial score (nSPS) is 11.0. The Balaban J connectivity index is 1.89. The minimum Gasteiger partial charge on any atom is -0.321 e. The highest BCUT2D eigenvalue weighted by Crippen LogP contribution is 2.20. The lowest BCUT2D eigenvalue weighted by atomic mass is 10.1. The third kappa shape index (κ3) is 5.98. The van der Waals surface area contributed by atoms with Crippen LogP contribution >= 0.6 is 23.4 Å². The molecule has 0 aliphatic rings. The van der Waals surface area contributed by atoms with Crippen molar-refractivity contribution in [2.75, 3.05) is 11.6 Å². The predicted molar refractivity (Wildman–Crippen MR) is 120 cm³/mol. The SMILES string of the molecule is CSc1cccc(NC(=O)/C(=C/c2cccc(Cl)c2)NC(=O)c2ccccc2)c1. The number of hydrogen-bond donors (Lipinski definition) is 2. The van der Waals surface area contributed by atoms with Crippen LogP contribution in [-0.4, -0.2) is 18.1 Å². The standard InChI is InChI=1S/C23H19ClN2O2S/c1-29-20-12-6-11-19(15-20)25-23(28)21(14-16-7-5-10-18(24)13-16)26-22(27)17-8-3-2-4-9-17/h2-15H,1H3,(H,25,28)(H,26,27)/b21-14-. The van der Waals surface area contributed by atoms with E-state index in [9.17, 15) is 9.59 Å². The van der Waals surface area contributed by atoms with E-state index in [-0.39, 0.29) is 11.6 Å². The maximum atomic E-state index is 12.9. The van der Waals surface area contributed by atoms with Gasteiger partial charge >= 0.3 is 0 Å². The van der Waals surface area contributed by atoms with E-state index in [0.717, 1.165) is 4.90 Å². The Morgan fingerprint density at radius 2 is 1.69 bits per heavy atom. The topological polar surface area (TPSA) is 58.2 Å². The van der Waals surface area contributed by atoms with Crippen LogP contribution in [0.5, 0.6) is 0 Å². The van der Waals surface area contributed by atoms with E-state index in [2.05, 4.69) is 10.6 Å². The first-order valence-electron chi connectivity index (χ1n) is 8.84. The van der Waals surface area contributed by atoms with E-state index in [1.54, 1.807) is 66.4 Å². The third-order valence-electron chi connectivity index (χ3n) is 4.02. The number of hydrogen-bond acceptors (Lipinski definition) is 3. The van der Waals surface area contributed by atoms with Gasteiger partial charge in [-0.25, -0.2) is 0 Å². The van der Waals surface area contributed by atoms with Crippen LogP contribution < -0.4 is 10.6 Å². The molecule has 29 heavy (non-hydrogen) atoms. The average molecular weight is 423 g/mol. The predicted octanol–water partition coefficient (Wildman–Crippen LogP) is 5.47. The third-order valence-corrected chi connectivity index (χ3v) is 4.98. The lowest BCUT2D eigenvalue weighted by Gasteiger charge is -2.12. The second kappa shape index (κ2) is 9.96. The number of benzene rings is 3. The number of carbonyl (C=O) groups is 2. The van der Waals surface area contributed by atoms with E-state index < -0.39 is 5.91 Å². The van der Waals surface area contributed by atoms with Gasteiger partial charge in [0.25, 0.3) is 11.8 Å². The Morgan fingerprint density at radius 1 is 0.931 bits per heavy atom. The fourth-order valence-electron chi connectivity index (χ4n) is 2.60.